The Morgan fingerprint density at radius 2 is 1.92 bits per heavy atom. The molecule has 0 radical (unpaired) electrons. The molecule has 0 aliphatic carbocycles. The van der Waals surface area contributed by atoms with E-state index in [1.165, 1.54) is 6.26 Å². The zero-order valence-corrected chi connectivity index (χ0v) is 15.0. The highest BCUT2D eigenvalue weighted by Crippen LogP contribution is 2.21. The predicted molar refractivity (Wildman–Crippen MR) is 98.4 cm³/mol. The van der Waals surface area contributed by atoms with Crippen LogP contribution in [0.15, 0.2) is 53.1 Å². The lowest BCUT2D eigenvalue weighted by molar-refractivity contribution is -0.138. The minimum atomic E-state index is -0.811. The highest BCUT2D eigenvalue weighted by molar-refractivity contribution is 5.85. The molecule has 136 valence electrons. The minimum absolute atomic E-state index is 0. The molecule has 1 atom stereocenters. The number of furan rings is 1. The molecule has 1 saturated heterocycles. The predicted octanol–water partition coefficient (Wildman–Crippen LogP) is 2.76. The van der Waals surface area contributed by atoms with E-state index in [9.17, 15) is 9.90 Å². The second-order valence-corrected chi connectivity index (χ2v) is 6.26. The fourth-order valence-corrected chi connectivity index (χ4v) is 3.14. The fraction of sp³-hybridized carbons (Fsp3) is 0.421. The van der Waals surface area contributed by atoms with Crippen LogP contribution in [0, 0.1) is 5.92 Å². The van der Waals surface area contributed by atoms with Crippen LogP contribution in [0.2, 0.25) is 0 Å². The van der Waals surface area contributed by atoms with Gasteiger partial charge in [-0.2, -0.15) is 0 Å². The van der Waals surface area contributed by atoms with Crippen LogP contribution in [-0.4, -0.2) is 35.5 Å². The first kappa shape index (κ1) is 19.5. The van der Waals surface area contributed by atoms with Crippen LogP contribution in [0.5, 0.6) is 0 Å². The van der Waals surface area contributed by atoms with Crippen molar-refractivity contribution >= 4 is 18.3 Å². The van der Waals surface area contributed by atoms with Gasteiger partial charge in [0.05, 0.1) is 12.8 Å². The lowest BCUT2D eigenvalue weighted by Gasteiger charge is -2.31. The highest BCUT2D eigenvalue weighted by atomic mass is 35.5. The molecule has 0 saturated carbocycles. The Balaban J connectivity index is 0.00000225. The van der Waals surface area contributed by atoms with Crippen molar-refractivity contribution < 1.29 is 14.3 Å². The van der Waals surface area contributed by atoms with Crippen molar-refractivity contribution in [2.24, 2.45) is 5.92 Å². The summed E-state index contributed by atoms with van der Waals surface area (Å²) >= 11 is 0. The summed E-state index contributed by atoms with van der Waals surface area (Å²) in [4.78, 5) is 14.7. The monoisotopic (exact) mass is 364 g/mol. The Morgan fingerprint density at radius 3 is 2.56 bits per heavy atom. The van der Waals surface area contributed by atoms with Gasteiger partial charge in [-0.05, 0) is 43.6 Å². The molecule has 2 heterocycles. The van der Waals surface area contributed by atoms with Crippen LogP contribution in [0.4, 0.5) is 0 Å². The average molecular weight is 365 g/mol. The molecule has 6 heteroatoms. The lowest BCUT2D eigenvalue weighted by Crippen LogP contribution is -2.42. The average Bonchev–Trinajstić information content (AvgIpc) is 3.17. The standard InChI is InChI=1S/C19H24N2O3.ClH/c22-17(18-7-4-12-24-18)14-21(13-15-5-2-1-3-6-15)19(23)16-8-10-20-11-9-16;/h1-7,12,16-17,20,22H,8-11,13-14H2;1H. The van der Waals surface area contributed by atoms with E-state index in [1.807, 2.05) is 30.3 Å². The van der Waals surface area contributed by atoms with Crippen molar-refractivity contribution in [2.75, 3.05) is 19.6 Å². The van der Waals surface area contributed by atoms with Gasteiger partial charge < -0.3 is 19.7 Å². The first-order valence-corrected chi connectivity index (χ1v) is 8.49. The largest absolute Gasteiger partial charge is 0.467 e. The molecule has 1 amide bonds. The van der Waals surface area contributed by atoms with Crippen molar-refractivity contribution in [1.82, 2.24) is 10.2 Å². The maximum atomic E-state index is 13.0. The summed E-state index contributed by atoms with van der Waals surface area (Å²) in [5.41, 5.74) is 1.06. The Morgan fingerprint density at radius 1 is 1.20 bits per heavy atom. The van der Waals surface area contributed by atoms with Gasteiger partial charge in [-0.25, -0.2) is 0 Å². The summed E-state index contributed by atoms with van der Waals surface area (Å²) in [7, 11) is 0. The van der Waals surface area contributed by atoms with Crippen LogP contribution >= 0.6 is 12.4 Å². The zero-order chi connectivity index (χ0) is 16.8. The topological polar surface area (TPSA) is 65.7 Å². The van der Waals surface area contributed by atoms with Crippen molar-refractivity contribution in [3.8, 4) is 0 Å². The van der Waals surface area contributed by atoms with E-state index >= 15 is 0 Å². The molecule has 1 aromatic heterocycles. The molecule has 1 fully saturated rings. The van der Waals surface area contributed by atoms with Gasteiger partial charge in [0.25, 0.3) is 0 Å². The van der Waals surface area contributed by atoms with Gasteiger partial charge in [-0.1, -0.05) is 30.3 Å². The van der Waals surface area contributed by atoms with E-state index in [1.54, 1.807) is 17.0 Å². The third-order valence-electron chi connectivity index (χ3n) is 4.48. The first-order valence-electron chi connectivity index (χ1n) is 8.49. The summed E-state index contributed by atoms with van der Waals surface area (Å²) in [6, 6.07) is 13.4. The smallest absolute Gasteiger partial charge is 0.226 e. The SMILES string of the molecule is Cl.O=C(C1CCNCC1)N(Cc1ccccc1)CC(O)c1ccco1. The molecule has 0 bridgehead atoms. The number of nitrogens with one attached hydrogen (secondary N) is 1. The number of amides is 1. The fourth-order valence-electron chi connectivity index (χ4n) is 3.14. The molecule has 0 spiro atoms. The van der Waals surface area contributed by atoms with E-state index < -0.39 is 6.10 Å². The summed E-state index contributed by atoms with van der Waals surface area (Å²) in [6.45, 7) is 2.49. The number of carbonyl (C=O) groups is 1. The lowest BCUT2D eigenvalue weighted by atomic mass is 9.96. The second-order valence-electron chi connectivity index (χ2n) is 6.26. The molecule has 3 rings (SSSR count). The van der Waals surface area contributed by atoms with E-state index in [0.717, 1.165) is 31.5 Å². The Hall–Kier alpha value is -1.82. The van der Waals surface area contributed by atoms with Crippen LogP contribution < -0.4 is 5.32 Å². The maximum absolute atomic E-state index is 13.0. The Bertz CT molecular complexity index is 627. The van der Waals surface area contributed by atoms with Gasteiger partial charge >= 0.3 is 0 Å². The Kier molecular flexibility index (Phi) is 7.50. The molecule has 2 aromatic rings. The van der Waals surface area contributed by atoms with Crippen molar-refractivity contribution in [1.29, 1.82) is 0 Å². The summed E-state index contributed by atoms with van der Waals surface area (Å²) in [6.07, 6.45) is 2.42. The molecule has 1 aliphatic heterocycles. The zero-order valence-electron chi connectivity index (χ0n) is 14.1. The molecule has 25 heavy (non-hydrogen) atoms. The van der Waals surface area contributed by atoms with Crippen molar-refractivity contribution in [3.05, 3.63) is 60.1 Å². The second kappa shape index (κ2) is 9.61. The number of aliphatic hydroxyl groups is 1. The molecule has 1 unspecified atom stereocenters. The number of hydrogen-bond donors (Lipinski definition) is 2. The van der Waals surface area contributed by atoms with E-state index in [2.05, 4.69) is 5.32 Å². The van der Waals surface area contributed by atoms with Gasteiger partial charge in [-0.15, -0.1) is 12.4 Å². The molecule has 1 aromatic carbocycles. The molecule has 1 aliphatic rings. The quantitative estimate of drug-likeness (QED) is 0.827. The van der Waals surface area contributed by atoms with E-state index in [0.29, 0.717) is 12.3 Å². The van der Waals surface area contributed by atoms with Gasteiger partial charge in [0.15, 0.2) is 0 Å². The van der Waals surface area contributed by atoms with Gasteiger partial charge in [0.2, 0.25) is 5.91 Å². The van der Waals surface area contributed by atoms with Crippen molar-refractivity contribution in [2.45, 2.75) is 25.5 Å². The molecular formula is C19H25ClN2O3. The highest BCUT2D eigenvalue weighted by Gasteiger charge is 2.28. The van der Waals surface area contributed by atoms with Crippen LogP contribution in [0.3, 0.4) is 0 Å². The molecule has 5 nitrogen and oxygen atoms in total. The Labute approximate surface area is 154 Å². The third-order valence-corrected chi connectivity index (χ3v) is 4.48. The van der Waals surface area contributed by atoms with Crippen LogP contribution in [-0.2, 0) is 11.3 Å². The number of hydrogen-bond acceptors (Lipinski definition) is 4. The van der Waals surface area contributed by atoms with Crippen LogP contribution in [0.25, 0.3) is 0 Å². The number of piperidine rings is 1. The molecular weight excluding hydrogens is 340 g/mol. The normalized spacial score (nSPS) is 16.0. The molecule has 2 N–H and O–H groups in total. The van der Waals surface area contributed by atoms with E-state index in [-0.39, 0.29) is 30.8 Å². The maximum Gasteiger partial charge on any atom is 0.226 e. The number of nitrogens with zero attached hydrogens (tertiary/aromatic N) is 1. The minimum Gasteiger partial charge on any atom is -0.467 e. The number of carbonyl (C=O) groups excluding carboxylic acids is 1. The number of rotatable bonds is 6. The van der Waals surface area contributed by atoms with Gasteiger partial charge in [0, 0.05) is 12.5 Å². The summed E-state index contributed by atoms with van der Waals surface area (Å²) in [5.74, 6) is 0.635. The van der Waals surface area contributed by atoms with Crippen molar-refractivity contribution in [3.63, 3.8) is 0 Å². The van der Waals surface area contributed by atoms with Gasteiger partial charge in [-0.3, -0.25) is 4.79 Å². The first-order chi connectivity index (χ1) is 11.7. The third kappa shape index (κ3) is 5.33. The van der Waals surface area contributed by atoms with Crippen LogP contribution in [0.1, 0.15) is 30.3 Å². The summed E-state index contributed by atoms with van der Waals surface area (Å²) in [5, 5.41) is 13.7. The number of benzene rings is 1. The summed E-state index contributed by atoms with van der Waals surface area (Å²) < 4.78 is 5.27. The van der Waals surface area contributed by atoms with Gasteiger partial charge in [0.1, 0.15) is 11.9 Å². The van der Waals surface area contributed by atoms with E-state index in [4.69, 9.17) is 4.42 Å². The number of aliphatic hydroxyl groups excluding tert-OH is 1. The number of halogens is 1.